The van der Waals surface area contributed by atoms with Crippen LogP contribution in [0.5, 0.6) is 0 Å². The SMILES string of the molecule is CN(C)c1ccc(S(OS(=O)(=O)C(F)(F)C(F)(F)C(F)(F)C(F)(F)F)(c2ccc(N(C)C)cc2)c2ccc(N(C)C)cc2)cc1. The first kappa shape index (κ1) is 36.2. The molecule has 17 heteroatoms. The summed E-state index contributed by atoms with van der Waals surface area (Å²) in [4.78, 5) is 4.37. The van der Waals surface area contributed by atoms with E-state index in [-0.39, 0.29) is 14.7 Å². The molecule has 6 nitrogen and oxygen atoms in total. The lowest BCUT2D eigenvalue weighted by Crippen LogP contribution is -2.63. The fourth-order valence-corrected chi connectivity index (χ4v) is 9.21. The van der Waals surface area contributed by atoms with Crippen molar-refractivity contribution in [2.45, 2.75) is 38.0 Å². The molecule has 0 N–H and O–H groups in total. The highest BCUT2D eigenvalue weighted by Gasteiger charge is 2.86. The topological polar surface area (TPSA) is 53.1 Å². The molecule has 3 aromatic rings. The number of benzene rings is 3. The largest absolute Gasteiger partial charge is 0.460 e. The molecular weight excluding hydrogens is 661 g/mol. The van der Waals surface area contributed by atoms with Gasteiger partial charge in [-0.1, -0.05) is 0 Å². The first-order valence-corrected chi connectivity index (χ1v) is 15.7. The quantitative estimate of drug-likeness (QED) is 0.191. The molecular formula is C28H30F9N3O3S2. The third-order valence-electron chi connectivity index (χ3n) is 6.68. The molecule has 0 aliphatic carbocycles. The summed E-state index contributed by atoms with van der Waals surface area (Å²) in [5.74, 6) is -14.9. The Kier molecular flexibility index (Phi) is 9.75. The Morgan fingerprint density at radius 3 is 0.978 bits per heavy atom. The van der Waals surface area contributed by atoms with Crippen LogP contribution in [-0.2, 0) is 13.7 Å². The van der Waals surface area contributed by atoms with E-state index in [0.717, 1.165) is 0 Å². The predicted molar refractivity (Wildman–Crippen MR) is 156 cm³/mol. The Hall–Kier alpha value is -3.31. The van der Waals surface area contributed by atoms with Crippen molar-refractivity contribution in [2.75, 3.05) is 57.0 Å². The van der Waals surface area contributed by atoms with E-state index in [4.69, 9.17) is 3.63 Å². The standard InChI is InChI=1S/C28H30F9N3O3S2/c1-38(2)19-7-13-22(14-8-19)44(23-15-9-20(10-16-23)39(3)4,24-17-11-21(12-18-24)40(5)6)43-45(41,42)28(36,37)26(31,32)25(29,30)27(33,34)35/h7-18H,1-6H3. The molecule has 0 atom stereocenters. The lowest BCUT2D eigenvalue weighted by molar-refractivity contribution is -0.382. The van der Waals surface area contributed by atoms with E-state index in [1.807, 2.05) is 0 Å². The van der Waals surface area contributed by atoms with Crippen LogP contribution < -0.4 is 14.7 Å². The van der Waals surface area contributed by atoms with E-state index >= 15 is 8.78 Å². The molecule has 0 radical (unpaired) electrons. The summed E-state index contributed by atoms with van der Waals surface area (Å²) in [7, 11) is -1.51. The highest BCUT2D eigenvalue weighted by molar-refractivity contribution is 8.33. The molecule has 0 spiro atoms. The van der Waals surface area contributed by atoms with Gasteiger partial charge in [0.1, 0.15) is 0 Å². The lowest BCUT2D eigenvalue weighted by Gasteiger charge is -2.41. The van der Waals surface area contributed by atoms with E-state index in [2.05, 4.69) is 0 Å². The molecule has 0 amide bonds. The molecule has 0 fully saturated rings. The minimum Gasteiger partial charge on any atom is -0.378 e. The maximum absolute atomic E-state index is 15.1. The van der Waals surface area contributed by atoms with E-state index < -0.39 is 43.7 Å². The molecule has 0 aliphatic heterocycles. The number of nitrogens with zero attached hydrogens (tertiary/aromatic N) is 3. The summed E-state index contributed by atoms with van der Waals surface area (Å²) < 4.78 is 157. The molecule has 250 valence electrons. The summed E-state index contributed by atoms with van der Waals surface area (Å²) in [5, 5.41) is -7.06. The van der Waals surface area contributed by atoms with Gasteiger partial charge in [-0.3, -0.25) is 0 Å². The van der Waals surface area contributed by atoms with Crippen LogP contribution in [0.1, 0.15) is 0 Å². The number of alkyl halides is 9. The lowest BCUT2D eigenvalue weighted by atomic mass is 10.1. The summed E-state index contributed by atoms with van der Waals surface area (Å²) in [5.41, 5.74) is 1.59. The number of rotatable bonds is 11. The van der Waals surface area contributed by atoms with E-state index in [1.165, 1.54) is 72.8 Å². The molecule has 45 heavy (non-hydrogen) atoms. The van der Waals surface area contributed by atoms with Crippen molar-refractivity contribution in [3.05, 3.63) is 72.8 Å². The van der Waals surface area contributed by atoms with Crippen LogP contribution >= 0.6 is 10.3 Å². The molecule has 0 saturated heterocycles. The molecule has 3 aromatic carbocycles. The van der Waals surface area contributed by atoms with Crippen LogP contribution in [0.2, 0.25) is 0 Å². The van der Waals surface area contributed by atoms with Crippen molar-refractivity contribution in [3.63, 3.8) is 0 Å². The van der Waals surface area contributed by atoms with Gasteiger partial charge < -0.3 is 14.7 Å². The Labute approximate surface area is 256 Å². The third-order valence-corrected chi connectivity index (χ3v) is 11.9. The Morgan fingerprint density at radius 1 is 0.489 bits per heavy atom. The van der Waals surface area contributed by atoms with Gasteiger partial charge in [-0.05, 0) is 83.1 Å². The van der Waals surface area contributed by atoms with Gasteiger partial charge in [-0.15, -0.1) is 0 Å². The minimum atomic E-state index is -7.47. The average Bonchev–Trinajstić information content (AvgIpc) is 2.95. The van der Waals surface area contributed by atoms with Gasteiger partial charge in [-0.25, -0.2) is 3.63 Å². The second-order valence-electron chi connectivity index (χ2n) is 10.4. The smallest absolute Gasteiger partial charge is 0.378 e. The maximum Gasteiger partial charge on any atom is 0.460 e. The summed E-state index contributed by atoms with van der Waals surface area (Å²) in [6.07, 6.45) is -7.23. The summed E-state index contributed by atoms with van der Waals surface area (Å²) in [6, 6.07) is 16.2. The highest BCUT2D eigenvalue weighted by Crippen LogP contribution is 2.71. The van der Waals surface area contributed by atoms with Gasteiger partial charge in [0, 0.05) is 74.0 Å². The molecule has 0 heterocycles. The van der Waals surface area contributed by atoms with Crippen LogP contribution in [-0.4, -0.2) is 74.0 Å². The van der Waals surface area contributed by atoms with E-state index in [0.29, 0.717) is 17.1 Å². The van der Waals surface area contributed by atoms with Gasteiger partial charge in [0.15, 0.2) is 0 Å². The Bertz CT molecular complexity index is 1450. The van der Waals surface area contributed by atoms with Crippen molar-refractivity contribution in [3.8, 4) is 0 Å². The number of anilines is 3. The maximum atomic E-state index is 15.1. The van der Waals surface area contributed by atoms with Crippen molar-refractivity contribution < 1.29 is 51.6 Å². The number of hydrogen-bond acceptors (Lipinski definition) is 6. The van der Waals surface area contributed by atoms with Gasteiger partial charge in [0.2, 0.25) is 0 Å². The van der Waals surface area contributed by atoms with Crippen molar-refractivity contribution in [1.29, 1.82) is 0 Å². The molecule has 3 rings (SSSR count). The van der Waals surface area contributed by atoms with Crippen LogP contribution in [0.4, 0.5) is 56.6 Å². The molecule has 0 unspecified atom stereocenters. The van der Waals surface area contributed by atoms with Crippen LogP contribution in [0, 0.1) is 0 Å². The minimum absolute atomic E-state index is 0.173. The van der Waals surface area contributed by atoms with E-state index in [9.17, 15) is 39.2 Å². The monoisotopic (exact) mass is 691 g/mol. The van der Waals surface area contributed by atoms with Crippen molar-refractivity contribution in [2.24, 2.45) is 0 Å². The Morgan fingerprint density at radius 2 is 0.756 bits per heavy atom. The molecule has 0 saturated carbocycles. The fraction of sp³-hybridized carbons (Fsp3) is 0.357. The van der Waals surface area contributed by atoms with Gasteiger partial charge >= 0.3 is 33.4 Å². The molecule has 0 aromatic heterocycles. The zero-order valence-corrected chi connectivity index (χ0v) is 26.3. The first-order valence-electron chi connectivity index (χ1n) is 12.8. The first-order chi connectivity index (χ1) is 20.4. The van der Waals surface area contributed by atoms with Crippen LogP contribution in [0.15, 0.2) is 87.5 Å². The summed E-state index contributed by atoms with van der Waals surface area (Å²) >= 11 is 0. The zero-order chi connectivity index (χ0) is 34.4. The fourth-order valence-electron chi connectivity index (χ4n) is 4.03. The van der Waals surface area contributed by atoms with Gasteiger partial charge in [0.25, 0.3) is 0 Å². The van der Waals surface area contributed by atoms with Gasteiger partial charge in [-0.2, -0.15) is 47.9 Å². The third kappa shape index (κ3) is 6.25. The number of hydrogen-bond donors (Lipinski definition) is 0. The van der Waals surface area contributed by atoms with E-state index in [1.54, 1.807) is 57.0 Å². The normalized spacial score (nSPS) is 13.8. The second kappa shape index (κ2) is 12.1. The van der Waals surface area contributed by atoms with Crippen LogP contribution in [0.25, 0.3) is 0 Å². The Balaban J connectivity index is 2.44. The molecule has 0 aliphatic rings. The second-order valence-corrected chi connectivity index (χ2v) is 14.9. The molecule has 0 bridgehead atoms. The zero-order valence-electron chi connectivity index (χ0n) is 24.7. The number of halogens is 9. The highest BCUT2D eigenvalue weighted by atomic mass is 32.3. The summed E-state index contributed by atoms with van der Waals surface area (Å²) in [6.45, 7) is 0. The average molecular weight is 692 g/mol. The van der Waals surface area contributed by atoms with Crippen molar-refractivity contribution in [1.82, 2.24) is 0 Å². The predicted octanol–water partition coefficient (Wildman–Crippen LogP) is 7.85. The van der Waals surface area contributed by atoms with Gasteiger partial charge in [0.05, 0.1) is 0 Å². The van der Waals surface area contributed by atoms with Crippen molar-refractivity contribution >= 4 is 37.5 Å². The van der Waals surface area contributed by atoms with Crippen LogP contribution in [0.3, 0.4) is 0 Å².